The lowest BCUT2D eigenvalue weighted by molar-refractivity contribution is -0.141. The summed E-state index contributed by atoms with van der Waals surface area (Å²) in [5, 5.41) is 8.56. The molecule has 1 amide bonds. The number of carbonyl (C=O) groups excluding carboxylic acids is 2. The maximum atomic E-state index is 12.0. The zero-order valence-corrected chi connectivity index (χ0v) is 11.4. The highest BCUT2D eigenvalue weighted by Gasteiger charge is 2.12. The van der Waals surface area contributed by atoms with Crippen molar-refractivity contribution < 1.29 is 14.3 Å². The van der Waals surface area contributed by atoms with Crippen LogP contribution >= 0.6 is 11.3 Å². The van der Waals surface area contributed by atoms with E-state index < -0.39 is 5.97 Å². The van der Waals surface area contributed by atoms with Crippen molar-refractivity contribution in [2.75, 3.05) is 12.4 Å². The van der Waals surface area contributed by atoms with E-state index in [4.69, 9.17) is 0 Å². The van der Waals surface area contributed by atoms with E-state index in [2.05, 4.69) is 15.2 Å². The fraction of sp³-hybridized carbons (Fsp3) is 0.250. The SMILES string of the molecule is COC(=O)Cn1cc(NC(=O)c2sccc2C)cn1. The van der Waals surface area contributed by atoms with Gasteiger partial charge in [-0.25, -0.2) is 0 Å². The minimum atomic E-state index is -0.393. The molecule has 0 aliphatic heterocycles. The Morgan fingerprint density at radius 1 is 1.53 bits per heavy atom. The number of anilines is 1. The number of carbonyl (C=O) groups is 2. The standard InChI is InChI=1S/C12H13N3O3S/c1-8-3-4-19-11(8)12(17)14-9-5-13-15(6-9)7-10(16)18-2/h3-6H,7H2,1-2H3,(H,14,17). The normalized spacial score (nSPS) is 10.2. The highest BCUT2D eigenvalue weighted by molar-refractivity contribution is 7.12. The number of aromatic nitrogens is 2. The summed E-state index contributed by atoms with van der Waals surface area (Å²) < 4.78 is 5.94. The van der Waals surface area contributed by atoms with Crippen LogP contribution in [0.15, 0.2) is 23.8 Å². The molecule has 0 saturated carbocycles. The Labute approximate surface area is 114 Å². The zero-order valence-electron chi connectivity index (χ0n) is 10.5. The summed E-state index contributed by atoms with van der Waals surface area (Å²) in [5.74, 6) is -0.569. The monoisotopic (exact) mass is 279 g/mol. The van der Waals surface area contributed by atoms with Gasteiger partial charge in [-0.2, -0.15) is 5.10 Å². The molecule has 0 saturated heterocycles. The lowest BCUT2D eigenvalue weighted by Gasteiger charge is -2.01. The third kappa shape index (κ3) is 3.19. The zero-order chi connectivity index (χ0) is 13.8. The van der Waals surface area contributed by atoms with Gasteiger partial charge in [-0.3, -0.25) is 14.3 Å². The molecule has 0 aliphatic carbocycles. The summed E-state index contributed by atoms with van der Waals surface area (Å²) in [6, 6.07) is 1.89. The van der Waals surface area contributed by atoms with Crippen molar-refractivity contribution in [1.29, 1.82) is 0 Å². The Kier molecular flexibility index (Phi) is 3.96. The van der Waals surface area contributed by atoms with Crippen molar-refractivity contribution in [2.45, 2.75) is 13.5 Å². The van der Waals surface area contributed by atoms with Gasteiger partial charge < -0.3 is 10.1 Å². The minimum Gasteiger partial charge on any atom is -0.468 e. The van der Waals surface area contributed by atoms with E-state index in [0.29, 0.717) is 10.6 Å². The van der Waals surface area contributed by atoms with Crippen molar-refractivity contribution in [1.82, 2.24) is 9.78 Å². The molecule has 0 aromatic carbocycles. The van der Waals surface area contributed by atoms with Gasteiger partial charge in [0, 0.05) is 6.20 Å². The smallest absolute Gasteiger partial charge is 0.327 e. The Morgan fingerprint density at radius 3 is 2.95 bits per heavy atom. The van der Waals surface area contributed by atoms with Crippen molar-refractivity contribution in [3.05, 3.63) is 34.3 Å². The van der Waals surface area contributed by atoms with Crippen LogP contribution in [0.25, 0.3) is 0 Å². The van der Waals surface area contributed by atoms with E-state index in [-0.39, 0.29) is 12.5 Å². The summed E-state index contributed by atoms with van der Waals surface area (Å²) >= 11 is 1.38. The molecule has 0 bridgehead atoms. The van der Waals surface area contributed by atoms with E-state index >= 15 is 0 Å². The van der Waals surface area contributed by atoms with E-state index in [9.17, 15) is 9.59 Å². The molecular formula is C12H13N3O3S. The summed E-state index contributed by atoms with van der Waals surface area (Å²) in [7, 11) is 1.31. The van der Waals surface area contributed by atoms with Crippen LogP contribution in [-0.4, -0.2) is 28.8 Å². The Balaban J connectivity index is 2.02. The van der Waals surface area contributed by atoms with Crippen molar-refractivity contribution in [2.24, 2.45) is 0 Å². The summed E-state index contributed by atoms with van der Waals surface area (Å²) in [4.78, 5) is 23.7. The third-order valence-corrected chi connectivity index (χ3v) is 3.49. The molecule has 2 aromatic rings. The van der Waals surface area contributed by atoms with Gasteiger partial charge in [0.2, 0.25) is 0 Å². The molecule has 0 spiro atoms. The van der Waals surface area contributed by atoms with Crippen LogP contribution in [-0.2, 0) is 16.1 Å². The number of nitrogens with zero attached hydrogens (tertiary/aromatic N) is 2. The Bertz CT molecular complexity index is 603. The molecule has 2 aromatic heterocycles. The Morgan fingerprint density at radius 2 is 2.32 bits per heavy atom. The van der Waals surface area contributed by atoms with Crippen molar-refractivity contribution in [3.8, 4) is 0 Å². The molecule has 100 valence electrons. The molecule has 0 unspecified atom stereocenters. The largest absolute Gasteiger partial charge is 0.468 e. The summed E-state index contributed by atoms with van der Waals surface area (Å²) in [5.41, 5.74) is 1.48. The van der Waals surface area contributed by atoms with Gasteiger partial charge in [0.1, 0.15) is 6.54 Å². The van der Waals surface area contributed by atoms with E-state index in [1.807, 2.05) is 18.4 Å². The first-order valence-corrected chi connectivity index (χ1v) is 6.43. The van der Waals surface area contributed by atoms with Crippen molar-refractivity contribution in [3.63, 3.8) is 0 Å². The second-order valence-corrected chi connectivity index (χ2v) is 4.81. The number of rotatable bonds is 4. The van der Waals surface area contributed by atoms with Gasteiger partial charge >= 0.3 is 5.97 Å². The van der Waals surface area contributed by atoms with Crippen LogP contribution in [0.2, 0.25) is 0 Å². The number of hydrogen-bond donors (Lipinski definition) is 1. The van der Waals surface area contributed by atoms with Crippen LogP contribution in [0.5, 0.6) is 0 Å². The van der Waals surface area contributed by atoms with E-state index in [0.717, 1.165) is 5.56 Å². The fourth-order valence-electron chi connectivity index (χ4n) is 1.50. The second-order valence-electron chi connectivity index (χ2n) is 3.89. The topological polar surface area (TPSA) is 73.2 Å². The minimum absolute atomic E-state index is 0.0183. The molecule has 19 heavy (non-hydrogen) atoms. The lowest BCUT2D eigenvalue weighted by Crippen LogP contribution is -2.12. The summed E-state index contributed by atoms with van der Waals surface area (Å²) in [6.45, 7) is 1.90. The number of thiophene rings is 1. The predicted octanol–water partition coefficient (Wildman–Crippen LogP) is 1.68. The van der Waals surface area contributed by atoms with E-state index in [1.165, 1.54) is 29.3 Å². The maximum absolute atomic E-state index is 12.0. The molecule has 0 radical (unpaired) electrons. The first kappa shape index (κ1) is 13.3. The van der Waals surface area contributed by atoms with Crippen LogP contribution < -0.4 is 5.32 Å². The first-order valence-electron chi connectivity index (χ1n) is 5.55. The Hall–Kier alpha value is -2.15. The molecule has 2 rings (SSSR count). The van der Waals surface area contributed by atoms with Gasteiger partial charge in [-0.15, -0.1) is 11.3 Å². The number of methoxy groups -OCH3 is 1. The molecule has 0 fully saturated rings. The average molecular weight is 279 g/mol. The van der Waals surface area contributed by atoms with Gasteiger partial charge in [-0.1, -0.05) is 0 Å². The number of hydrogen-bond acceptors (Lipinski definition) is 5. The first-order chi connectivity index (χ1) is 9.10. The van der Waals surface area contributed by atoms with Gasteiger partial charge in [0.05, 0.1) is 23.9 Å². The second kappa shape index (κ2) is 5.66. The third-order valence-electron chi connectivity index (χ3n) is 2.48. The molecular weight excluding hydrogens is 266 g/mol. The molecule has 7 heteroatoms. The molecule has 6 nitrogen and oxygen atoms in total. The highest BCUT2D eigenvalue weighted by Crippen LogP contribution is 2.17. The van der Waals surface area contributed by atoms with Crippen LogP contribution in [0.1, 0.15) is 15.2 Å². The maximum Gasteiger partial charge on any atom is 0.327 e. The average Bonchev–Trinajstić information content (AvgIpc) is 2.98. The van der Waals surface area contributed by atoms with Crippen LogP contribution in [0.4, 0.5) is 5.69 Å². The number of ether oxygens (including phenoxy) is 1. The van der Waals surface area contributed by atoms with Gasteiger partial charge in [0.15, 0.2) is 0 Å². The highest BCUT2D eigenvalue weighted by atomic mass is 32.1. The predicted molar refractivity (Wildman–Crippen MR) is 71.3 cm³/mol. The number of nitrogens with one attached hydrogen (secondary N) is 1. The van der Waals surface area contributed by atoms with Crippen LogP contribution in [0, 0.1) is 6.92 Å². The molecule has 0 aliphatic rings. The number of aryl methyl sites for hydroxylation is 1. The van der Waals surface area contributed by atoms with Gasteiger partial charge in [-0.05, 0) is 23.9 Å². The van der Waals surface area contributed by atoms with Crippen molar-refractivity contribution >= 4 is 28.9 Å². The molecule has 1 N–H and O–H groups in total. The molecule has 2 heterocycles. The fourth-order valence-corrected chi connectivity index (χ4v) is 2.32. The number of amides is 1. The quantitative estimate of drug-likeness (QED) is 0.864. The summed E-state index contributed by atoms with van der Waals surface area (Å²) in [6.07, 6.45) is 3.07. The molecule has 0 atom stereocenters. The van der Waals surface area contributed by atoms with E-state index in [1.54, 1.807) is 6.20 Å². The number of esters is 1. The lowest BCUT2D eigenvalue weighted by atomic mass is 10.3. The van der Waals surface area contributed by atoms with Gasteiger partial charge in [0.25, 0.3) is 5.91 Å². The van der Waals surface area contributed by atoms with Crippen LogP contribution in [0.3, 0.4) is 0 Å².